The van der Waals surface area contributed by atoms with E-state index in [4.69, 9.17) is 14.2 Å². The van der Waals surface area contributed by atoms with Gasteiger partial charge in [-0.15, -0.1) is 0 Å². The molecule has 0 saturated carbocycles. The minimum absolute atomic E-state index is 0.106. The average Bonchev–Trinajstić information content (AvgIpc) is 2.28. The van der Waals surface area contributed by atoms with Crippen molar-refractivity contribution in [3.63, 3.8) is 0 Å². The van der Waals surface area contributed by atoms with E-state index in [2.05, 4.69) is 20.9 Å². The number of hydrogen-bond acceptors (Lipinski definition) is 5. The smallest absolute Gasteiger partial charge is 0.337 e. The molecule has 1 aromatic rings. The van der Waals surface area contributed by atoms with Crippen molar-refractivity contribution in [2.45, 2.75) is 0 Å². The van der Waals surface area contributed by atoms with E-state index < -0.39 is 5.97 Å². The minimum Gasteiger partial charge on any atom is -0.422 e. The minimum atomic E-state index is -0.468. The first-order chi connectivity index (χ1) is 7.74. The predicted octanol–water partition coefficient (Wildman–Crippen LogP) is 1.41. The molecule has 0 fully saturated rings. The first-order valence-corrected chi connectivity index (χ1v) is 5.41. The van der Waals surface area contributed by atoms with Crippen molar-refractivity contribution in [3.8, 4) is 5.75 Å². The Hall–Kier alpha value is -0.980. The topological polar surface area (TPSA) is 57.7 Å². The molecular formula is C10H12BrNO4. The van der Waals surface area contributed by atoms with Gasteiger partial charge in [0, 0.05) is 13.3 Å². The van der Waals surface area contributed by atoms with Crippen molar-refractivity contribution in [1.29, 1.82) is 0 Å². The number of pyridine rings is 1. The van der Waals surface area contributed by atoms with E-state index in [1.54, 1.807) is 25.4 Å². The summed E-state index contributed by atoms with van der Waals surface area (Å²) in [6.07, 6.45) is 1.59. The molecule has 0 aliphatic rings. The van der Waals surface area contributed by atoms with Gasteiger partial charge < -0.3 is 14.2 Å². The fourth-order valence-corrected chi connectivity index (χ4v) is 1.23. The predicted molar refractivity (Wildman–Crippen MR) is 60.3 cm³/mol. The fraction of sp³-hybridized carbons (Fsp3) is 0.400. The van der Waals surface area contributed by atoms with Gasteiger partial charge in [0.2, 0.25) is 0 Å². The molecule has 5 nitrogen and oxygen atoms in total. The number of carbonyl (C=O) groups excluding carboxylic acids is 1. The number of ether oxygens (including phenoxy) is 3. The lowest BCUT2D eigenvalue weighted by atomic mass is 10.5. The lowest BCUT2D eigenvalue weighted by Gasteiger charge is -2.05. The van der Waals surface area contributed by atoms with Crippen LogP contribution >= 0.6 is 15.9 Å². The first-order valence-electron chi connectivity index (χ1n) is 4.62. The zero-order valence-corrected chi connectivity index (χ0v) is 10.4. The van der Waals surface area contributed by atoms with Gasteiger partial charge in [0.15, 0.2) is 5.75 Å². The van der Waals surface area contributed by atoms with Crippen LogP contribution in [0.15, 0.2) is 22.9 Å². The second kappa shape index (κ2) is 7.32. The molecule has 0 amide bonds. The lowest BCUT2D eigenvalue weighted by Crippen LogP contribution is -2.17. The van der Waals surface area contributed by atoms with Gasteiger partial charge in [-0.2, -0.15) is 0 Å². The Morgan fingerprint density at radius 2 is 2.31 bits per heavy atom. The Labute approximate surface area is 102 Å². The van der Waals surface area contributed by atoms with Crippen molar-refractivity contribution in [2.24, 2.45) is 0 Å². The number of esters is 1. The summed E-state index contributed by atoms with van der Waals surface area (Å²) < 4.78 is 15.3. The monoisotopic (exact) mass is 289 g/mol. The summed E-state index contributed by atoms with van der Waals surface area (Å²) in [5.41, 5.74) is 0. The van der Waals surface area contributed by atoms with E-state index in [-0.39, 0.29) is 6.61 Å². The molecule has 0 aliphatic carbocycles. The molecule has 1 rings (SSSR count). The summed E-state index contributed by atoms with van der Waals surface area (Å²) in [6.45, 7) is 0.703. The lowest BCUT2D eigenvalue weighted by molar-refractivity contribution is -0.139. The highest BCUT2D eigenvalue weighted by molar-refractivity contribution is 9.10. The van der Waals surface area contributed by atoms with Crippen LogP contribution in [0.25, 0.3) is 0 Å². The van der Waals surface area contributed by atoms with Crippen molar-refractivity contribution in [2.75, 3.05) is 26.9 Å². The maximum absolute atomic E-state index is 11.3. The standard InChI is InChI=1S/C10H12BrNO4/c1-14-5-6-15-7-9(13)16-8-3-2-4-12-10(8)11/h2-4H,5-7H2,1H3. The highest BCUT2D eigenvalue weighted by atomic mass is 79.9. The van der Waals surface area contributed by atoms with Gasteiger partial charge in [0.05, 0.1) is 13.2 Å². The van der Waals surface area contributed by atoms with Crippen molar-refractivity contribution in [1.82, 2.24) is 4.98 Å². The molecule has 0 unspecified atom stereocenters. The van der Waals surface area contributed by atoms with E-state index in [0.29, 0.717) is 23.6 Å². The Bertz CT molecular complexity index is 345. The summed E-state index contributed by atoms with van der Waals surface area (Å²) >= 11 is 3.17. The molecule has 0 saturated heterocycles. The third-order valence-corrected chi connectivity index (χ3v) is 2.20. The van der Waals surface area contributed by atoms with Gasteiger partial charge in [-0.05, 0) is 28.1 Å². The molecule has 0 N–H and O–H groups in total. The largest absolute Gasteiger partial charge is 0.422 e. The molecule has 88 valence electrons. The maximum Gasteiger partial charge on any atom is 0.337 e. The molecule has 0 atom stereocenters. The van der Waals surface area contributed by atoms with E-state index in [0.717, 1.165) is 0 Å². The number of hydrogen-bond donors (Lipinski definition) is 0. The summed E-state index contributed by atoms with van der Waals surface area (Å²) in [5, 5.41) is 0. The van der Waals surface area contributed by atoms with Crippen molar-refractivity contribution >= 4 is 21.9 Å². The normalized spacial score (nSPS) is 10.1. The molecule has 0 radical (unpaired) electrons. The molecule has 0 aliphatic heterocycles. The number of methoxy groups -OCH3 is 1. The van der Waals surface area contributed by atoms with Gasteiger partial charge in [-0.1, -0.05) is 0 Å². The Morgan fingerprint density at radius 3 is 3.00 bits per heavy atom. The fourth-order valence-electron chi connectivity index (χ4n) is 0.897. The second-order valence-electron chi connectivity index (χ2n) is 2.81. The maximum atomic E-state index is 11.3. The number of nitrogens with zero attached hydrogens (tertiary/aromatic N) is 1. The molecular weight excluding hydrogens is 278 g/mol. The van der Waals surface area contributed by atoms with Gasteiger partial charge in [0.25, 0.3) is 0 Å². The third-order valence-electron chi connectivity index (χ3n) is 1.60. The van der Waals surface area contributed by atoms with Gasteiger partial charge >= 0.3 is 5.97 Å². The van der Waals surface area contributed by atoms with Crippen LogP contribution in [-0.2, 0) is 14.3 Å². The number of rotatable bonds is 6. The second-order valence-corrected chi connectivity index (χ2v) is 3.56. The molecule has 1 aromatic heterocycles. The van der Waals surface area contributed by atoms with Crippen LogP contribution < -0.4 is 4.74 Å². The highest BCUT2D eigenvalue weighted by Crippen LogP contribution is 2.20. The molecule has 0 aromatic carbocycles. The molecule has 1 heterocycles. The Morgan fingerprint density at radius 1 is 1.50 bits per heavy atom. The zero-order chi connectivity index (χ0) is 11.8. The number of aromatic nitrogens is 1. The summed E-state index contributed by atoms with van der Waals surface area (Å²) in [6, 6.07) is 3.32. The Kier molecular flexibility index (Phi) is 5.99. The van der Waals surface area contributed by atoms with E-state index >= 15 is 0 Å². The quantitative estimate of drug-likeness (QED) is 0.450. The van der Waals surface area contributed by atoms with Crippen LogP contribution in [-0.4, -0.2) is 37.9 Å². The first kappa shape index (κ1) is 13.1. The molecule has 16 heavy (non-hydrogen) atoms. The van der Waals surface area contributed by atoms with E-state index in [1.807, 2.05) is 0 Å². The zero-order valence-electron chi connectivity index (χ0n) is 8.81. The van der Waals surface area contributed by atoms with Crippen LogP contribution in [0.2, 0.25) is 0 Å². The Balaban J connectivity index is 2.32. The average molecular weight is 290 g/mol. The van der Waals surface area contributed by atoms with Crippen LogP contribution in [0.5, 0.6) is 5.75 Å². The molecule has 6 heteroatoms. The summed E-state index contributed by atoms with van der Waals surface area (Å²) in [7, 11) is 1.56. The van der Waals surface area contributed by atoms with Gasteiger partial charge in [-0.25, -0.2) is 9.78 Å². The van der Waals surface area contributed by atoms with E-state index in [9.17, 15) is 4.79 Å². The third kappa shape index (κ3) is 4.69. The highest BCUT2D eigenvalue weighted by Gasteiger charge is 2.08. The van der Waals surface area contributed by atoms with Gasteiger partial charge in [0.1, 0.15) is 11.2 Å². The number of carbonyl (C=O) groups is 1. The van der Waals surface area contributed by atoms with Crippen LogP contribution in [0.1, 0.15) is 0 Å². The van der Waals surface area contributed by atoms with Crippen LogP contribution in [0.3, 0.4) is 0 Å². The molecule has 0 spiro atoms. The SMILES string of the molecule is COCCOCC(=O)Oc1cccnc1Br. The summed E-state index contributed by atoms with van der Waals surface area (Å²) in [5.74, 6) is -0.0901. The van der Waals surface area contributed by atoms with Crippen LogP contribution in [0, 0.1) is 0 Å². The summed E-state index contributed by atoms with van der Waals surface area (Å²) in [4.78, 5) is 15.2. The van der Waals surface area contributed by atoms with Crippen LogP contribution in [0.4, 0.5) is 0 Å². The van der Waals surface area contributed by atoms with Crippen molar-refractivity contribution in [3.05, 3.63) is 22.9 Å². The van der Waals surface area contributed by atoms with Crippen molar-refractivity contribution < 1.29 is 19.0 Å². The number of halogens is 1. The molecule has 0 bridgehead atoms. The van der Waals surface area contributed by atoms with E-state index in [1.165, 1.54) is 0 Å². The van der Waals surface area contributed by atoms with Gasteiger partial charge in [-0.3, -0.25) is 0 Å².